The van der Waals surface area contributed by atoms with Crippen LogP contribution in [-0.2, 0) is 38.5 Å². The molecule has 0 bridgehead atoms. The van der Waals surface area contributed by atoms with Crippen molar-refractivity contribution in [3.63, 3.8) is 0 Å². The van der Waals surface area contributed by atoms with Crippen LogP contribution in [-0.4, -0.2) is 247 Å². The van der Waals surface area contributed by atoms with Gasteiger partial charge in [-0.05, 0) is 250 Å². The Morgan fingerprint density at radius 3 is 0.740 bits per heavy atom. The molecule has 127 heavy (non-hydrogen) atoms. The van der Waals surface area contributed by atoms with E-state index in [-0.39, 0.29) is 105 Å². The van der Waals surface area contributed by atoms with E-state index in [9.17, 15) is 28.8 Å². The lowest BCUT2D eigenvalue weighted by Crippen LogP contribution is -2.59. The lowest BCUT2D eigenvalue weighted by molar-refractivity contribution is 0.0639. The van der Waals surface area contributed by atoms with Gasteiger partial charge in [0.05, 0.1) is 0 Å². The maximum absolute atomic E-state index is 12.5. The van der Waals surface area contributed by atoms with E-state index >= 15 is 0 Å². The van der Waals surface area contributed by atoms with Crippen molar-refractivity contribution in [2.45, 2.75) is 401 Å². The zero-order valence-corrected chi connectivity index (χ0v) is 86.5. The van der Waals surface area contributed by atoms with Crippen molar-refractivity contribution in [3.8, 4) is 0 Å². The Morgan fingerprint density at radius 1 is 0.299 bits per heavy atom. The van der Waals surface area contributed by atoms with E-state index in [0.717, 1.165) is 193 Å². The van der Waals surface area contributed by atoms with Crippen LogP contribution in [0.3, 0.4) is 0 Å². The van der Waals surface area contributed by atoms with Gasteiger partial charge in [0.25, 0.3) is 35.4 Å². The van der Waals surface area contributed by atoms with E-state index < -0.39 is 0 Å². The SMILES string of the molecule is CCCN(C)C(C)(C)C(C)NC(=O)c1cc(CC)on1.CCCN(C)C(C)(C)C(C)NC(=O)c1noc(CC)c1C.CCCN(C)C(C)(CC)C(C)NC(=O)c1cc(CC)on1.CCCN(C)C(C)(CC)C(C)NC(=O)c1noc(CC)c1C.CCc1cc(C(=O)NC(C)C(CC)(CC)N(C)CC)no1.CCc1onc(C(=O)NC(C)C(CC)(CC)N(C)CC)c1C. The molecule has 30 nitrogen and oxygen atoms in total. The van der Waals surface area contributed by atoms with Crippen molar-refractivity contribution in [2.24, 2.45) is 0 Å². The fraction of sp³-hybridized carbons (Fsp3) is 0.753. The molecule has 30 heteroatoms. The predicted molar refractivity (Wildman–Crippen MR) is 512 cm³/mol. The molecule has 0 saturated heterocycles. The number of amides is 6. The van der Waals surface area contributed by atoms with Gasteiger partial charge in [0.15, 0.2) is 34.2 Å². The van der Waals surface area contributed by atoms with Gasteiger partial charge in [-0.3, -0.25) is 58.2 Å². The highest BCUT2D eigenvalue weighted by molar-refractivity contribution is 5.96. The highest BCUT2D eigenvalue weighted by Crippen LogP contribution is 2.31. The number of carbonyl (C=O) groups is 6. The smallest absolute Gasteiger partial charge is 0.274 e. The van der Waals surface area contributed by atoms with E-state index in [1.54, 1.807) is 18.2 Å². The Kier molecular flexibility index (Phi) is 51.3. The Morgan fingerprint density at radius 2 is 0.528 bits per heavy atom. The number of nitrogens with one attached hydrogen (secondary N) is 6. The van der Waals surface area contributed by atoms with Crippen molar-refractivity contribution in [3.05, 3.63) is 104 Å². The molecule has 6 rings (SSSR count). The quantitative estimate of drug-likeness (QED) is 0.0207. The fourth-order valence-corrected chi connectivity index (χ4v) is 16.0. The van der Waals surface area contributed by atoms with Crippen LogP contribution in [0, 0.1) is 20.8 Å². The predicted octanol–water partition coefficient (Wildman–Crippen LogP) is 17.3. The van der Waals surface area contributed by atoms with Crippen molar-refractivity contribution in [2.75, 3.05) is 81.6 Å². The van der Waals surface area contributed by atoms with Gasteiger partial charge < -0.3 is 59.0 Å². The molecule has 8 unspecified atom stereocenters. The summed E-state index contributed by atoms with van der Waals surface area (Å²) in [6.45, 7) is 74.6. The van der Waals surface area contributed by atoms with Gasteiger partial charge in [-0.2, -0.15) is 0 Å². The molecule has 0 aromatic carbocycles. The first-order valence-corrected chi connectivity index (χ1v) is 47.4. The number of aromatic nitrogens is 6. The first-order valence-electron chi connectivity index (χ1n) is 47.4. The molecule has 0 aliphatic heterocycles. The van der Waals surface area contributed by atoms with Gasteiger partial charge in [0, 0.05) is 143 Å². The molecular weight excluding hydrogens is 1610 g/mol. The number of aryl methyl sites for hydroxylation is 6. The molecule has 0 aliphatic rings. The summed E-state index contributed by atoms with van der Waals surface area (Å²) in [5.74, 6) is 3.53. The molecule has 0 radical (unpaired) electrons. The van der Waals surface area contributed by atoms with Crippen molar-refractivity contribution < 1.29 is 55.9 Å². The normalized spacial score (nSPS) is 14.2. The number of carbonyl (C=O) groups excluding carboxylic acids is 6. The third kappa shape index (κ3) is 31.6. The summed E-state index contributed by atoms with van der Waals surface area (Å²) in [5.41, 5.74) is 4.29. The highest BCUT2D eigenvalue weighted by atomic mass is 16.5. The largest absolute Gasteiger partial charge is 0.361 e. The Bertz CT molecular complexity index is 4160. The van der Waals surface area contributed by atoms with Gasteiger partial charge in [-0.25, -0.2) is 0 Å². The van der Waals surface area contributed by atoms with Gasteiger partial charge in [-0.1, -0.05) is 156 Å². The number of nitrogens with zero attached hydrogens (tertiary/aromatic N) is 12. The van der Waals surface area contributed by atoms with Gasteiger partial charge in [0.1, 0.15) is 34.6 Å². The van der Waals surface area contributed by atoms with Crippen molar-refractivity contribution in [1.82, 2.24) is 92.2 Å². The third-order valence-corrected chi connectivity index (χ3v) is 28.1. The number of hydrogen-bond acceptors (Lipinski definition) is 24. The van der Waals surface area contributed by atoms with Gasteiger partial charge >= 0.3 is 0 Å². The van der Waals surface area contributed by atoms with E-state index in [4.69, 9.17) is 27.1 Å². The minimum Gasteiger partial charge on any atom is -0.361 e. The zero-order valence-electron chi connectivity index (χ0n) is 86.5. The van der Waals surface area contributed by atoms with Crippen LogP contribution < -0.4 is 31.9 Å². The molecule has 6 amide bonds. The van der Waals surface area contributed by atoms with E-state index in [1.165, 1.54) is 0 Å². The van der Waals surface area contributed by atoms with Crippen LogP contribution in [0.1, 0.15) is 386 Å². The maximum Gasteiger partial charge on any atom is 0.274 e. The molecule has 8 atom stereocenters. The average Bonchev–Trinajstić information content (AvgIpc) is 1.78. The first kappa shape index (κ1) is 117. The summed E-state index contributed by atoms with van der Waals surface area (Å²) in [6, 6.07) is 5.23. The highest BCUT2D eigenvalue weighted by Gasteiger charge is 2.42. The topological polar surface area (TPSA) is 350 Å². The minimum absolute atomic E-state index is 0.00252. The summed E-state index contributed by atoms with van der Waals surface area (Å²) in [7, 11) is 12.6. The molecule has 6 heterocycles. The number of rotatable bonds is 46. The zero-order chi connectivity index (χ0) is 97.5. The number of hydrogen-bond donors (Lipinski definition) is 6. The maximum atomic E-state index is 12.5. The van der Waals surface area contributed by atoms with Crippen LogP contribution in [0.15, 0.2) is 45.3 Å². The molecule has 6 aromatic rings. The summed E-state index contributed by atoms with van der Waals surface area (Å²) in [6.07, 6.45) is 14.6. The summed E-state index contributed by atoms with van der Waals surface area (Å²) >= 11 is 0. The van der Waals surface area contributed by atoms with Crippen LogP contribution >= 0.6 is 0 Å². The molecular formula is C97H176N18O12. The molecule has 0 spiro atoms. The monoisotopic (exact) mass is 1790 g/mol. The van der Waals surface area contributed by atoms with Crippen LogP contribution in [0.25, 0.3) is 0 Å². The second-order valence-corrected chi connectivity index (χ2v) is 35.6. The second-order valence-electron chi connectivity index (χ2n) is 35.6. The second kappa shape index (κ2) is 55.8. The Labute approximate surface area is 765 Å². The molecule has 6 aromatic heterocycles. The lowest BCUT2D eigenvalue weighted by atomic mass is 9.83. The fourth-order valence-electron chi connectivity index (χ4n) is 16.0. The average molecular weight is 1790 g/mol. The number of likely N-dealkylation sites (N-methyl/N-ethyl adjacent to an activating group) is 6. The first-order chi connectivity index (χ1) is 59.6. The summed E-state index contributed by atoms with van der Waals surface area (Å²) in [4.78, 5) is 88.0. The molecule has 0 fully saturated rings. The standard InChI is InChI=1S/2C17H31N3O2.3C16H29N3O2.C15H27N3O2/c1-8-11-20(7)17(6,10-3)13(5)18-16(21)15-12(4)14(9-2)22-19-15;1-8-14-12(5)15(19-22-14)16(21)18-13(6)17(9-2,10-3)20(7)11-4;1-8-10-19(7)16(5,6)12(4)17-15(20)14-11(3)13(9-2)21-18-14;1-7-10-19(6)16(5,9-3)12(4)17-15(20)14-11-13(8-2)21-18-14;1-7-13-11-14(18-21-13)15(20)17-12(5)16(8-2,9-3)19(6)10-4;1-7-9-18(6)15(4,5)11(3)16-14(19)13-10-12(8-2)20-17-13/h2*13H,8-11H2,1-7H3,(H,18,21);12H,8-10H2,1-7H3,(H,17,20);2*11-12H,7-10H2,1-6H3,(H,17,20);10-11H,7-9H2,1-6H3,(H,16,19). The molecule has 0 aliphatic carbocycles. The summed E-state index contributed by atoms with van der Waals surface area (Å²) in [5, 5.41) is 41.7. The summed E-state index contributed by atoms with van der Waals surface area (Å²) < 4.78 is 30.9. The van der Waals surface area contributed by atoms with E-state index in [2.05, 4.69) is 280 Å². The third-order valence-electron chi connectivity index (χ3n) is 28.1. The molecule has 726 valence electrons. The molecule has 0 saturated carbocycles. The van der Waals surface area contributed by atoms with Gasteiger partial charge in [-0.15, -0.1) is 0 Å². The lowest BCUT2D eigenvalue weighted by Gasteiger charge is -2.45. The Balaban J connectivity index is 0.000000762. The Hall–Kier alpha value is -8.16. The van der Waals surface area contributed by atoms with Crippen molar-refractivity contribution >= 4 is 35.4 Å². The van der Waals surface area contributed by atoms with Crippen LogP contribution in [0.2, 0.25) is 0 Å². The van der Waals surface area contributed by atoms with Crippen LogP contribution in [0.4, 0.5) is 0 Å². The molecule has 6 N–H and O–H groups in total. The van der Waals surface area contributed by atoms with Crippen LogP contribution in [0.5, 0.6) is 0 Å². The van der Waals surface area contributed by atoms with E-state index in [0.29, 0.717) is 34.2 Å². The van der Waals surface area contributed by atoms with E-state index in [1.807, 2.05) is 83.1 Å². The minimum atomic E-state index is -0.182. The van der Waals surface area contributed by atoms with Gasteiger partial charge in [0.2, 0.25) is 0 Å². The van der Waals surface area contributed by atoms with Crippen molar-refractivity contribution in [1.29, 1.82) is 0 Å².